The maximum Gasteiger partial charge on any atom is 0.322 e. The molecule has 0 radical (unpaired) electrons. The zero-order chi connectivity index (χ0) is 21.2. The van der Waals surface area contributed by atoms with Crippen molar-refractivity contribution < 1.29 is 18.1 Å². The number of hydrogen-bond acceptors (Lipinski definition) is 8. The van der Waals surface area contributed by atoms with Crippen LogP contribution >= 0.6 is 0 Å². The number of nitrogens with one attached hydrogen (secondary N) is 1. The van der Waals surface area contributed by atoms with Gasteiger partial charge >= 0.3 is 6.01 Å². The number of nitro benzene ring substituents is 1. The van der Waals surface area contributed by atoms with Gasteiger partial charge in [0.2, 0.25) is 10.0 Å². The van der Waals surface area contributed by atoms with Gasteiger partial charge in [-0.25, -0.2) is 23.5 Å². The number of rotatable bonds is 6. The molecule has 10 nitrogen and oxygen atoms in total. The average Bonchev–Trinajstić information content (AvgIpc) is 2.61. The molecule has 0 aliphatic rings. The molecule has 2 aromatic carbocycles. The third-order valence-corrected chi connectivity index (χ3v) is 4.71. The van der Waals surface area contributed by atoms with Crippen molar-refractivity contribution in [1.29, 1.82) is 0 Å². The monoisotopic (exact) mass is 415 g/mol. The summed E-state index contributed by atoms with van der Waals surface area (Å²) >= 11 is 0. The van der Waals surface area contributed by atoms with Gasteiger partial charge in [0.05, 0.1) is 9.82 Å². The van der Waals surface area contributed by atoms with E-state index in [2.05, 4.69) is 15.3 Å². The van der Waals surface area contributed by atoms with Crippen LogP contribution in [0.2, 0.25) is 0 Å². The quantitative estimate of drug-likeness (QED) is 0.460. The van der Waals surface area contributed by atoms with Crippen molar-refractivity contribution >= 4 is 27.1 Å². The Balaban J connectivity index is 1.81. The Labute approximate surface area is 166 Å². The lowest BCUT2D eigenvalue weighted by atomic mass is 10.2. The summed E-state index contributed by atoms with van der Waals surface area (Å²) in [6.07, 6.45) is 0. The highest BCUT2D eigenvalue weighted by Gasteiger charge is 2.19. The molecule has 0 fully saturated rings. The van der Waals surface area contributed by atoms with Gasteiger partial charge in [0, 0.05) is 23.1 Å². The van der Waals surface area contributed by atoms with Crippen molar-refractivity contribution in [3.63, 3.8) is 0 Å². The number of benzene rings is 2. The molecule has 0 unspecified atom stereocenters. The van der Waals surface area contributed by atoms with E-state index in [1.54, 1.807) is 24.3 Å². The van der Waals surface area contributed by atoms with Gasteiger partial charge < -0.3 is 10.1 Å². The fourth-order valence-corrected chi connectivity index (χ4v) is 3.09. The molecule has 1 aromatic heterocycles. The predicted octanol–water partition coefficient (Wildman–Crippen LogP) is 3.18. The molecule has 0 aliphatic carbocycles. The molecular weight excluding hydrogens is 398 g/mol. The van der Waals surface area contributed by atoms with E-state index in [9.17, 15) is 18.5 Å². The zero-order valence-electron chi connectivity index (χ0n) is 15.5. The maximum atomic E-state index is 11.4. The summed E-state index contributed by atoms with van der Waals surface area (Å²) < 4.78 is 28.5. The number of sulfonamides is 1. The molecule has 0 amide bonds. The van der Waals surface area contributed by atoms with Gasteiger partial charge in [0.15, 0.2) is 0 Å². The molecule has 0 saturated heterocycles. The van der Waals surface area contributed by atoms with Gasteiger partial charge in [-0.05, 0) is 56.3 Å². The number of aryl methyl sites for hydroxylation is 2. The third kappa shape index (κ3) is 5.03. The number of nitrogens with zero attached hydrogens (tertiary/aromatic N) is 3. The fraction of sp³-hybridized carbons (Fsp3) is 0.111. The van der Waals surface area contributed by atoms with Gasteiger partial charge in [-0.15, -0.1) is 0 Å². The molecule has 0 atom stereocenters. The normalized spacial score (nSPS) is 11.1. The van der Waals surface area contributed by atoms with Gasteiger partial charge in [0.1, 0.15) is 11.4 Å². The van der Waals surface area contributed by atoms with Crippen molar-refractivity contribution in [2.75, 3.05) is 5.32 Å². The van der Waals surface area contributed by atoms with Gasteiger partial charge in [-0.1, -0.05) is 0 Å². The minimum atomic E-state index is -4.05. The molecule has 3 rings (SSSR count). The predicted molar refractivity (Wildman–Crippen MR) is 106 cm³/mol. The van der Waals surface area contributed by atoms with E-state index in [-0.39, 0.29) is 16.6 Å². The highest BCUT2D eigenvalue weighted by Crippen LogP contribution is 2.31. The molecule has 29 heavy (non-hydrogen) atoms. The molecule has 0 saturated carbocycles. The number of nitro groups is 1. The highest BCUT2D eigenvalue weighted by molar-refractivity contribution is 7.89. The third-order valence-electron chi connectivity index (χ3n) is 3.80. The molecule has 0 bridgehead atoms. The minimum Gasteiger partial charge on any atom is -0.424 e. The summed E-state index contributed by atoms with van der Waals surface area (Å²) in [5.74, 6) is 0.486. The Kier molecular flexibility index (Phi) is 5.43. The summed E-state index contributed by atoms with van der Waals surface area (Å²) in [5.41, 5.74) is 1.79. The van der Waals surface area contributed by atoms with Gasteiger partial charge in [0.25, 0.3) is 5.69 Å². The van der Waals surface area contributed by atoms with Gasteiger partial charge in [-0.3, -0.25) is 10.1 Å². The number of ether oxygens (including phenoxy) is 1. The van der Waals surface area contributed by atoms with Gasteiger partial charge in [-0.2, -0.15) is 0 Å². The van der Waals surface area contributed by atoms with Crippen molar-refractivity contribution in [3.8, 4) is 11.8 Å². The van der Waals surface area contributed by atoms with E-state index in [0.29, 0.717) is 11.4 Å². The minimum absolute atomic E-state index is 0.119. The van der Waals surface area contributed by atoms with E-state index in [4.69, 9.17) is 9.88 Å². The van der Waals surface area contributed by atoms with E-state index < -0.39 is 20.6 Å². The molecule has 0 aliphatic heterocycles. The first kappa shape index (κ1) is 20.2. The molecule has 150 valence electrons. The van der Waals surface area contributed by atoms with Crippen LogP contribution in [0.1, 0.15) is 11.4 Å². The number of aromatic nitrogens is 2. The zero-order valence-corrected chi connectivity index (χ0v) is 16.3. The maximum absolute atomic E-state index is 11.4. The van der Waals surface area contributed by atoms with Crippen LogP contribution in [0.3, 0.4) is 0 Å². The Bertz CT molecular complexity index is 1160. The van der Waals surface area contributed by atoms with Crippen LogP contribution in [0.4, 0.5) is 17.1 Å². The fourth-order valence-electron chi connectivity index (χ4n) is 2.55. The summed E-state index contributed by atoms with van der Waals surface area (Å²) in [6.45, 7) is 3.67. The number of primary sulfonamides is 1. The summed E-state index contributed by atoms with van der Waals surface area (Å²) in [4.78, 5) is 18.7. The molecule has 3 aromatic rings. The first-order valence-electron chi connectivity index (χ1n) is 8.30. The molecule has 3 N–H and O–H groups in total. The molecule has 0 spiro atoms. The lowest BCUT2D eigenvalue weighted by molar-refractivity contribution is -0.384. The smallest absolute Gasteiger partial charge is 0.322 e. The van der Waals surface area contributed by atoms with E-state index in [1.807, 2.05) is 19.9 Å². The summed E-state index contributed by atoms with van der Waals surface area (Å²) in [7, 11) is -4.05. The van der Waals surface area contributed by atoms with E-state index in [0.717, 1.165) is 17.5 Å². The summed E-state index contributed by atoms with van der Waals surface area (Å²) in [5, 5.41) is 19.2. The number of hydrogen-bond donors (Lipinski definition) is 2. The van der Waals surface area contributed by atoms with Crippen LogP contribution in [0.25, 0.3) is 0 Å². The number of anilines is 2. The average molecular weight is 415 g/mol. The molecule has 1 heterocycles. The van der Waals surface area contributed by atoms with E-state index in [1.165, 1.54) is 12.1 Å². The highest BCUT2D eigenvalue weighted by atomic mass is 32.2. The first-order chi connectivity index (χ1) is 13.6. The van der Waals surface area contributed by atoms with Crippen LogP contribution in [0.5, 0.6) is 11.8 Å². The van der Waals surface area contributed by atoms with Crippen molar-refractivity contribution in [2.45, 2.75) is 18.7 Å². The second-order valence-corrected chi connectivity index (χ2v) is 7.73. The number of nitrogens with two attached hydrogens (primary N) is 1. The summed E-state index contributed by atoms with van der Waals surface area (Å²) in [6, 6.07) is 12.0. The largest absolute Gasteiger partial charge is 0.424 e. The topological polar surface area (TPSA) is 150 Å². The van der Waals surface area contributed by atoms with Crippen molar-refractivity contribution in [3.05, 3.63) is 70.0 Å². The van der Waals surface area contributed by atoms with E-state index >= 15 is 0 Å². The SMILES string of the molecule is Cc1cc(C)nc(Oc2ccc(Nc3ccc(S(N)(=O)=O)cc3[N+](=O)[O-])cc2)n1. The van der Waals surface area contributed by atoms with Crippen molar-refractivity contribution in [1.82, 2.24) is 9.97 Å². The second-order valence-electron chi connectivity index (χ2n) is 6.17. The Morgan fingerprint density at radius 2 is 1.66 bits per heavy atom. The molecule has 11 heteroatoms. The molecular formula is C18H17N5O5S. The first-order valence-corrected chi connectivity index (χ1v) is 9.85. The standard InChI is InChI=1S/C18H17N5O5S/c1-11-9-12(2)21-18(20-11)28-14-5-3-13(4-6-14)22-16-8-7-15(29(19,26)27)10-17(16)23(24)25/h3-10,22H,1-2H3,(H2,19,26,27). The van der Waals surface area contributed by atoms with Crippen LogP contribution in [0.15, 0.2) is 53.4 Å². The van der Waals surface area contributed by atoms with Crippen LogP contribution in [-0.4, -0.2) is 23.3 Å². The Hall–Kier alpha value is -3.57. The second kappa shape index (κ2) is 7.81. The van der Waals surface area contributed by atoms with Crippen LogP contribution < -0.4 is 15.2 Å². The Morgan fingerprint density at radius 3 is 2.21 bits per heavy atom. The lowest BCUT2D eigenvalue weighted by Crippen LogP contribution is -2.12. The Morgan fingerprint density at radius 1 is 1.03 bits per heavy atom. The lowest BCUT2D eigenvalue weighted by Gasteiger charge is -2.10. The van der Waals surface area contributed by atoms with Crippen LogP contribution in [0, 0.1) is 24.0 Å². The van der Waals surface area contributed by atoms with Crippen molar-refractivity contribution in [2.24, 2.45) is 5.14 Å². The van der Waals surface area contributed by atoms with Crippen LogP contribution in [-0.2, 0) is 10.0 Å².